The van der Waals surface area contributed by atoms with Crippen molar-refractivity contribution in [2.24, 2.45) is 0 Å². The molecule has 0 bridgehead atoms. The molecule has 0 aliphatic carbocycles. The van der Waals surface area contributed by atoms with Gasteiger partial charge in [0.1, 0.15) is 11.6 Å². The van der Waals surface area contributed by atoms with Crippen molar-refractivity contribution in [3.05, 3.63) is 71.3 Å². The molecule has 4 heteroatoms. The quantitative estimate of drug-likeness (QED) is 0.886. The van der Waals surface area contributed by atoms with E-state index in [4.69, 9.17) is 0 Å². The number of carbonyl (C=O) groups excluding carboxylic acids is 1. The van der Waals surface area contributed by atoms with E-state index in [1.807, 2.05) is 0 Å². The molecule has 1 amide bonds. The molecule has 0 aliphatic rings. The molecule has 2 aromatic rings. The van der Waals surface area contributed by atoms with Crippen molar-refractivity contribution in [1.29, 1.82) is 0 Å². The number of carbonyl (C=O) groups is 1. The number of benzene rings is 2. The van der Waals surface area contributed by atoms with Gasteiger partial charge in [0.15, 0.2) is 0 Å². The molecule has 0 atom stereocenters. The van der Waals surface area contributed by atoms with Gasteiger partial charge in [-0.2, -0.15) is 0 Å². The molecule has 0 unspecified atom stereocenters. The van der Waals surface area contributed by atoms with Crippen molar-refractivity contribution in [3.63, 3.8) is 0 Å². The van der Waals surface area contributed by atoms with E-state index in [9.17, 15) is 13.6 Å². The topological polar surface area (TPSA) is 29.1 Å². The van der Waals surface area contributed by atoms with E-state index in [1.165, 1.54) is 0 Å². The van der Waals surface area contributed by atoms with Crippen molar-refractivity contribution in [2.75, 3.05) is 0 Å². The number of rotatable bonds is 3. The third-order valence-electron chi connectivity index (χ3n) is 2.40. The molecule has 91 valence electrons. The number of hydrogen-bond acceptors (Lipinski definition) is 1. The van der Waals surface area contributed by atoms with Crippen molar-refractivity contribution in [1.82, 2.24) is 5.32 Å². The first-order valence-electron chi connectivity index (χ1n) is 5.35. The van der Waals surface area contributed by atoms with Gasteiger partial charge in [0.25, 0.3) is 5.91 Å². The molecular formula is C14H10F2NO. The number of amides is 1. The van der Waals surface area contributed by atoms with Gasteiger partial charge in [-0.1, -0.05) is 18.2 Å². The van der Waals surface area contributed by atoms with E-state index in [0.717, 1.165) is 23.8 Å². The highest BCUT2D eigenvalue weighted by atomic mass is 19.1. The van der Waals surface area contributed by atoms with Crippen LogP contribution in [0.25, 0.3) is 0 Å². The molecule has 0 heterocycles. The summed E-state index contributed by atoms with van der Waals surface area (Å²) >= 11 is 0. The molecular weight excluding hydrogens is 236 g/mol. The lowest BCUT2D eigenvalue weighted by Crippen LogP contribution is -2.23. The second-order valence-electron chi connectivity index (χ2n) is 3.72. The smallest absolute Gasteiger partial charge is 0.254 e. The van der Waals surface area contributed by atoms with Gasteiger partial charge in [-0.25, -0.2) is 8.78 Å². The lowest BCUT2D eigenvalue weighted by atomic mass is 10.1. The fraction of sp³-hybridized carbons (Fsp3) is 0.0714. The van der Waals surface area contributed by atoms with E-state index >= 15 is 0 Å². The maximum Gasteiger partial charge on any atom is 0.254 e. The first-order valence-corrected chi connectivity index (χ1v) is 5.35. The second-order valence-corrected chi connectivity index (χ2v) is 3.72. The van der Waals surface area contributed by atoms with Crippen LogP contribution >= 0.6 is 0 Å². The molecule has 1 radical (unpaired) electrons. The highest BCUT2D eigenvalue weighted by Crippen LogP contribution is 2.09. The molecule has 2 rings (SSSR count). The Bertz CT molecular complexity index is 555. The van der Waals surface area contributed by atoms with Crippen LogP contribution in [0, 0.1) is 17.7 Å². The van der Waals surface area contributed by atoms with Crippen molar-refractivity contribution in [3.8, 4) is 0 Å². The zero-order chi connectivity index (χ0) is 13.0. The Balaban J connectivity index is 2.06. The van der Waals surface area contributed by atoms with Gasteiger partial charge in [0.2, 0.25) is 0 Å². The minimum atomic E-state index is -0.742. The average molecular weight is 246 g/mol. The summed E-state index contributed by atoms with van der Waals surface area (Å²) in [5.41, 5.74) is 0.539. The molecule has 18 heavy (non-hydrogen) atoms. The summed E-state index contributed by atoms with van der Waals surface area (Å²) < 4.78 is 26.2. The zero-order valence-corrected chi connectivity index (χ0v) is 9.41. The molecule has 0 fully saturated rings. The van der Waals surface area contributed by atoms with Gasteiger partial charge in [0, 0.05) is 6.54 Å². The van der Waals surface area contributed by atoms with E-state index in [2.05, 4.69) is 11.4 Å². The molecule has 2 nitrogen and oxygen atoms in total. The molecule has 2 aromatic carbocycles. The van der Waals surface area contributed by atoms with Gasteiger partial charge < -0.3 is 5.32 Å². The minimum Gasteiger partial charge on any atom is -0.348 e. The Kier molecular flexibility index (Phi) is 3.67. The minimum absolute atomic E-state index is 0.242. The fourth-order valence-corrected chi connectivity index (χ4v) is 1.49. The van der Waals surface area contributed by atoms with E-state index in [0.29, 0.717) is 0 Å². The first-order chi connectivity index (χ1) is 8.66. The van der Waals surface area contributed by atoms with Crippen LogP contribution in [0.1, 0.15) is 15.9 Å². The summed E-state index contributed by atoms with van der Waals surface area (Å²) in [6, 6.07) is 12.7. The van der Waals surface area contributed by atoms with Crippen molar-refractivity contribution >= 4 is 5.91 Å². The maximum atomic E-state index is 13.3. The third-order valence-corrected chi connectivity index (χ3v) is 2.40. The predicted octanol–water partition coefficient (Wildman–Crippen LogP) is 2.69. The van der Waals surface area contributed by atoms with Crippen LogP contribution in [-0.4, -0.2) is 5.91 Å². The first kappa shape index (κ1) is 12.2. The van der Waals surface area contributed by atoms with E-state index in [1.54, 1.807) is 24.3 Å². The second kappa shape index (κ2) is 5.40. The third kappa shape index (κ3) is 2.91. The summed E-state index contributed by atoms with van der Waals surface area (Å²) in [7, 11) is 0. The standard InChI is InChI=1S/C14H10F2NO/c15-11-6-7-13(16)12(8-11)14(18)17-9-10-4-2-1-3-5-10/h1-2,4-8H,9H2,(H,17,18). The van der Waals surface area contributed by atoms with Crippen molar-refractivity contribution in [2.45, 2.75) is 6.54 Å². The lowest BCUT2D eigenvalue weighted by molar-refractivity contribution is 0.0946. The molecule has 0 aliphatic heterocycles. The molecule has 0 saturated carbocycles. The Morgan fingerprint density at radius 3 is 2.83 bits per heavy atom. The maximum absolute atomic E-state index is 13.3. The molecule has 0 spiro atoms. The Hall–Kier alpha value is -2.23. The fourth-order valence-electron chi connectivity index (χ4n) is 1.49. The molecule has 0 saturated heterocycles. The van der Waals surface area contributed by atoms with Gasteiger partial charge in [0.05, 0.1) is 5.56 Å². The Morgan fingerprint density at radius 1 is 1.28 bits per heavy atom. The number of halogens is 2. The average Bonchev–Trinajstić information content (AvgIpc) is 2.40. The molecule has 1 N–H and O–H groups in total. The highest BCUT2D eigenvalue weighted by molar-refractivity contribution is 5.94. The van der Waals surface area contributed by atoms with Crippen molar-refractivity contribution < 1.29 is 13.6 Å². The summed E-state index contributed by atoms with van der Waals surface area (Å²) in [4.78, 5) is 11.7. The normalized spacial score (nSPS) is 10.1. The SMILES string of the molecule is O=C(NCc1c[c]ccc1)c1cc(F)ccc1F. The van der Waals surface area contributed by atoms with Crippen LogP contribution in [0.2, 0.25) is 0 Å². The largest absolute Gasteiger partial charge is 0.348 e. The van der Waals surface area contributed by atoms with Crippen LogP contribution in [0.15, 0.2) is 42.5 Å². The van der Waals surface area contributed by atoms with Crippen LogP contribution in [0.4, 0.5) is 8.78 Å². The summed E-state index contributed by atoms with van der Waals surface area (Å²) in [5.74, 6) is -2.03. The zero-order valence-electron chi connectivity index (χ0n) is 9.41. The summed E-state index contributed by atoms with van der Waals surface area (Å²) in [5, 5.41) is 2.52. The van der Waals surface area contributed by atoms with E-state index in [-0.39, 0.29) is 12.1 Å². The Labute approximate surface area is 103 Å². The summed E-state index contributed by atoms with van der Waals surface area (Å²) in [6.07, 6.45) is 0. The number of nitrogens with one attached hydrogen (secondary N) is 1. The van der Waals surface area contributed by atoms with Gasteiger partial charge in [-0.15, -0.1) is 0 Å². The molecule has 0 aromatic heterocycles. The van der Waals surface area contributed by atoms with Gasteiger partial charge >= 0.3 is 0 Å². The number of hydrogen-bond donors (Lipinski definition) is 1. The summed E-state index contributed by atoms with van der Waals surface area (Å²) in [6.45, 7) is 0.242. The van der Waals surface area contributed by atoms with Gasteiger partial charge in [-0.3, -0.25) is 4.79 Å². The Morgan fingerprint density at radius 2 is 2.11 bits per heavy atom. The monoisotopic (exact) mass is 246 g/mol. The van der Waals surface area contributed by atoms with Crippen LogP contribution < -0.4 is 5.32 Å². The van der Waals surface area contributed by atoms with Crippen LogP contribution in [-0.2, 0) is 6.54 Å². The van der Waals surface area contributed by atoms with Crippen LogP contribution in [0.5, 0.6) is 0 Å². The van der Waals surface area contributed by atoms with E-state index < -0.39 is 17.5 Å². The predicted molar refractivity (Wildman–Crippen MR) is 62.8 cm³/mol. The highest BCUT2D eigenvalue weighted by Gasteiger charge is 2.12. The van der Waals surface area contributed by atoms with Crippen LogP contribution in [0.3, 0.4) is 0 Å². The lowest BCUT2D eigenvalue weighted by Gasteiger charge is -2.06. The van der Waals surface area contributed by atoms with Gasteiger partial charge in [-0.05, 0) is 35.9 Å².